The highest BCUT2D eigenvalue weighted by Gasteiger charge is 2.21. The molecule has 1 aliphatic heterocycles. The van der Waals surface area contributed by atoms with Crippen LogP contribution in [-0.4, -0.2) is 42.3 Å². The number of aliphatic hydroxyl groups is 1. The van der Waals surface area contributed by atoms with E-state index >= 15 is 0 Å². The molecule has 1 aliphatic rings. The van der Waals surface area contributed by atoms with Gasteiger partial charge in [0.25, 0.3) is 0 Å². The Morgan fingerprint density at radius 3 is 3.00 bits per heavy atom. The Morgan fingerprint density at radius 2 is 2.25 bits per heavy atom. The van der Waals surface area contributed by atoms with Crippen molar-refractivity contribution in [3.8, 4) is 0 Å². The van der Waals surface area contributed by atoms with Gasteiger partial charge < -0.3 is 10.4 Å². The van der Waals surface area contributed by atoms with E-state index in [1.165, 1.54) is 11.1 Å². The van der Waals surface area contributed by atoms with E-state index in [1.54, 1.807) is 0 Å². The number of rotatable bonds is 3. The molecule has 0 radical (unpaired) electrons. The van der Waals surface area contributed by atoms with Gasteiger partial charge in [0.05, 0.1) is 6.61 Å². The van der Waals surface area contributed by atoms with E-state index in [0.717, 1.165) is 26.2 Å². The maximum atomic E-state index is 9.33. The Kier molecular flexibility index (Phi) is 3.93. The molecular weight excluding hydrogens is 200 g/mol. The molecule has 88 valence electrons. The average molecular weight is 220 g/mol. The zero-order valence-electron chi connectivity index (χ0n) is 9.82. The van der Waals surface area contributed by atoms with Crippen molar-refractivity contribution < 1.29 is 5.11 Å². The van der Waals surface area contributed by atoms with Gasteiger partial charge in [-0.25, -0.2) is 0 Å². The number of hydrogen-bond acceptors (Lipinski definition) is 3. The van der Waals surface area contributed by atoms with Crippen molar-refractivity contribution in [1.29, 1.82) is 0 Å². The fraction of sp³-hybridized carbons (Fsp3) is 0.538. The molecule has 16 heavy (non-hydrogen) atoms. The third-order valence-corrected chi connectivity index (χ3v) is 3.32. The minimum Gasteiger partial charge on any atom is -0.395 e. The van der Waals surface area contributed by atoms with Crippen LogP contribution >= 0.6 is 0 Å². The summed E-state index contributed by atoms with van der Waals surface area (Å²) in [5.74, 6) is 0. The normalized spacial score (nSPS) is 22.2. The lowest BCUT2D eigenvalue weighted by Crippen LogP contribution is -2.52. The predicted molar refractivity (Wildman–Crippen MR) is 65.3 cm³/mol. The number of aliphatic hydroxyl groups excluding tert-OH is 1. The first kappa shape index (κ1) is 11.6. The van der Waals surface area contributed by atoms with Crippen LogP contribution in [0.4, 0.5) is 0 Å². The monoisotopic (exact) mass is 220 g/mol. The SMILES string of the molecule is Cc1ccccc1CN1CCNCC1CO. The van der Waals surface area contributed by atoms with E-state index in [4.69, 9.17) is 0 Å². The maximum absolute atomic E-state index is 9.33. The van der Waals surface area contributed by atoms with Crippen molar-refractivity contribution in [2.24, 2.45) is 0 Å². The molecule has 3 heteroatoms. The minimum atomic E-state index is 0.235. The predicted octanol–water partition coefficient (Wildman–Crippen LogP) is 0.761. The largest absolute Gasteiger partial charge is 0.395 e. The Hall–Kier alpha value is -0.900. The molecule has 1 aromatic carbocycles. The molecule has 0 bridgehead atoms. The first-order valence-corrected chi connectivity index (χ1v) is 5.91. The quantitative estimate of drug-likeness (QED) is 0.789. The van der Waals surface area contributed by atoms with E-state index in [-0.39, 0.29) is 12.6 Å². The summed E-state index contributed by atoms with van der Waals surface area (Å²) in [6.45, 7) is 6.24. The van der Waals surface area contributed by atoms with Crippen LogP contribution in [0.3, 0.4) is 0 Å². The molecule has 1 atom stereocenters. The highest BCUT2D eigenvalue weighted by molar-refractivity contribution is 5.25. The molecule has 1 aromatic rings. The summed E-state index contributed by atoms with van der Waals surface area (Å²) in [7, 11) is 0. The lowest BCUT2D eigenvalue weighted by atomic mass is 10.1. The van der Waals surface area contributed by atoms with E-state index in [0.29, 0.717) is 0 Å². The lowest BCUT2D eigenvalue weighted by Gasteiger charge is -2.35. The second-order valence-corrected chi connectivity index (χ2v) is 4.44. The summed E-state index contributed by atoms with van der Waals surface area (Å²) in [6.07, 6.45) is 0. The number of benzene rings is 1. The van der Waals surface area contributed by atoms with Crippen LogP contribution in [0, 0.1) is 6.92 Å². The molecule has 2 rings (SSSR count). The summed E-state index contributed by atoms with van der Waals surface area (Å²) in [5, 5.41) is 12.6. The topological polar surface area (TPSA) is 35.5 Å². The van der Waals surface area contributed by atoms with Crippen molar-refractivity contribution in [3.63, 3.8) is 0 Å². The van der Waals surface area contributed by atoms with Gasteiger partial charge in [0.2, 0.25) is 0 Å². The standard InChI is InChI=1S/C13H20N2O/c1-11-4-2-3-5-12(11)9-15-7-6-14-8-13(15)10-16/h2-5,13-14,16H,6-10H2,1H3. The third kappa shape index (κ3) is 2.61. The summed E-state index contributed by atoms with van der Waals surface area (Å²) < 4.78 is 0. The number of hydrogen-bond donors (Lipinski definition) is 2. The Bertz CT molecular complexity index is 340. The second-order valence-electron chi connectivity index (χ2n) is 4.44. The summed E-state index contributed by atoms with van der Waals surface area (Å²) >= 11 is 0. The Morgan fingerprint density at radius 1 is 1.44 bits per heavy atom. The van der Waals surface area contributed by atoms with Crippen molar-refractivity contribution >= 4 is 0 Å². The molecule has 0 amide bonds. The van der Waals surface area contributed by atoms with E-state index < -0.39 is 0 Å². The molecule has 1 saturated heterocycles. The van der Waals surface area contributed by atoms with Crippen LogP contribution in [0.1, 0.15) is 11.1 Å². The Labute approximate surface area is 97.1 Å². The van der Waals surface area contributed by atoms with Gasteiger partial charge >= 0.3 is 0 Å². The van der Waals surface area contributed by atoms with Gasteiger partial charge in [-0.05, 0) is 18.1 Å². The average Bonchev–Trinajstić information content (AvgIpc) is 2.33. The van der Waals surface area contributed by atoms with Gasteiger partial charge in [0.15, 0.2) is 0 Å². The van der Waals surface area contributed by atoms with Gasteiger partial charge in [0.1, 0.15) is 0 Å². The molecule has 0 aliphatic carbocycles. The van der Waals surface area contributed by atoms with Gasteiger partial charge in [0, 0.05) is 32.2 Å². The molecule has 1 fully saturated rings. The highest BCUT2D eigenvalue weighted by atomic mass is 16.3. The van der Waals surface area contributed by atoms with Crippen LogP contribution in [0.2, 0.25) is 0 Å². The molecule has 0 aromatic heterocycles. The molecule has 1 unspecified atom stereocenters. The van der Waals surface area contributed by atoms with E-state index in [9.17, 15) is 5.11 Å². The van der Waals surface area contributed by atoms with Crippen molar-refractivity contribution in [3.05, 3.63) is 35.4 Å². The number of piperazine rings is 1. The number of aryl methyl sites for hydroxylation is 1. The third-order valence-electron chi connectivity index (χ3n) is 3.32. The number of nitrogens with zero attached hydrogens (tertiary/aromatic N) is 1. The van der Waals surface area contributed by atoms with Gasteiger partial charge in [-0.1, -0.05) is 24.3 Å². The second kappa shape index (κ2) is 5.43. The molecule has 2 N–H and O–H groups in total. The van der Waals surface area contributed by atoms with Crippen LogP contribution in [0.5, 0.6) is 0 Å². The molecule has 0 spiro atoms. The molecule has 0 saturated carbocycles. The highest BCUT2D eigenvalue weighted by Crippen LogP contribution is 2.13. The summed E-state index contributed by atoms with van der Waals surface area (Å²) in [6, 6.07) is 8.73. The molecular formula is C13H20N2O. The Balaban J connectivity index is 2.05. The number of nitrogens with one attached hydrogen (secondary N) is 1. The van der Waals surface area contributed by atoms with Crippen molar-refractivity contribution in [2.75, 3.05) is 26.2 Å². The van der Waals surface area contributed by atoms with E-state index in [2.05, 4.69) is 41.4 Å². The lowest BCUT2D eigenvalue weighted by molar-refractivity contribution is 0.0944. The fourth-order valence-electron chi connectivity index (χ4n) is 2.20. The van der Waals surface area contributed by atoms with Crippen LogP contribution in [0.15, 0.2) is 24.3 Å². The molecule has 1 heterocycles. The fourth-order valence-corrected chi connectivity index (χ4v) is 2.20. The van der Waals surface area contributed by atoms with E-state index in [1.807, 2.05) is 0 Å². The van der Waals surface area contributed by atoms with Gasteiger partial charge in [-0.15, -0.1) is 0 Å². The summed E-state index contributed by atoms with van der Waals surface area (Å²) in [5.41, 5.74) is 2.69. The summed E-state index contributed by atoms with van der Waals surface area (Å²) in [4.78, 5) is 2.36. The van der Waals surface area contributed by atoms with Gasteiger partial charge in [-0.3, -0.25) is 4.90 Å². The van der Waals surface area contributed by atoms with Gasteiger partial charge in [-0.2, -0.15) is 0 Å². The van der Waals surface area contributed by atoms with Crippen molar-refractivity contribution in [2.45, 2.75) is 19.5 Å². The van der Waals surface area contributed by atoms with Crippen molar-refractivity contribution in [1.82, 2.24) is 10.2 Å². The maximum Gasteiger partial charge on any atom is 0.0599 e. The zero-order chi connectivity index (χ0) is 11.4. The minimum absolute atomic E-state index is 0.235. The smallest absolute Gasteiger partial charge is 0.0599 e. The van der Waals surface area contributed by atoms with Crippen LogP contribution < -0.4 is 5.32 Å². The molecule has 3 nitrogen and oxygen atoms in total. The van der Waals surface area contributed by atoms with Crippen LogP contribution in [0.25, 0.3) is 0 Å². The van der Waals surface area contributed by atoms with Crippen LogP contribution in [-0.2, 0) is 6.54 Å². The first-order chi connectivity index (χ1) is 7.81. The zero-order valence-corrected chi connectivity index (χ0v) is 9.82. The first-order valence-electron chi connectivity index (χ1n) is 5.91.